The molecule has 0 saturated heterocycles. The average Bonchev–Trinajstić information content (AvgIpc) is 2.20. The summed E-state index contributed by atoms with van der Waals surface area (Å²) in [5, 5.41) is 0. The molecule has 0 unspecified atom stereocenters. The Balaban J connectivity index is 2.53. The summed E-state index contributed by atoms with van der Waals surface area (Å²) in [5.74, 6) is 0. The van der Waals surface area contributed by atoms with E-state index in [0.717, 1.165) is 18.8 Å². The van der Waals surface area contributed by atoms with E-state index in [1.54, 1.807) is 0 Å². The number of nitrogens with zero attached hydrogens (tertiary/aromatic N) is 1. The molecule has 14 heavy (non-hydrogen) atoms. The topological polar surface area (TPSA) is 29.3 Å². The predicted molar refractivity (Wildman–Crippen MR) is 57.8 cm³/mol. The SMILES string of the molecule is CCN(CCF)Cc1ccc(N)cc1. The van der Waals surface area contributed by atoms with Gasteiger partial charge in [-0.15, -0.1) is 0 Å². The molecule has 0 aliphatic carbocycles. The molecule has 2 N–H and O–H groups in total. The van der Waals surface area contributed by atoms with Crippen LogP contribution in [-0.4, -0.2) is 24.7 Å². The molecule has 1 aromatic rings. The molecule has 2 nitrogen and oxygen atoms in total. The number of hydrogen-bond donors (Lipinski definition) is 1. The second-order valence-electron chi connectivity index (χ2n) is 3.30. The molecule has 1 rings (SSSR count). The van der Waals surface area contributed by atoms with Crippen molar-refractivity contribution in [2.45, 2.75) is 13.5 Å². The van der Waals surface area contributed by atoms with Crippen LogP contribution in [0.1, 0.15) is 12.5 Å². The molecule has 0 bridgehead atoms. The lowest BCUT2D eigenvalue weighted by molar-refractivity contribution is 0.252. The van der Waals surface area contributed by atoms with Crippen LogP contribution in [0.4, 0.5) is 10.1 Å². The van der Waals surface area contributed by atoms with Crippen LogP contribution >= 0.6 is 0 Å². The number of anilines is 1. The number of hydrogen-bond acceptors (Lipinski definition) is 2. The Kier molecular flexibility index (Phi) is 4.40. The van der Waals surface area contributed by atoms with Gasteiger partial charge in [0.2, 0.25) is 0 Å². The van der Waals surface area contributed by atoms with Gasteiger partial charge in [0.1, 0.15) is 6.67 Å². The van der Waals surface area contributed by atoms with Crippen LogP contribution in [0.3, 0.4) is 0 Å². The van der Waals surface area contributed by atoms with Crippen LogP contribution < -0.4 is 5.73 Å². The molecule has 3 heteroatoms. The number of nitrogens with two attached hydrogens (primary N) is 1. The second-order valence-corrected chi connectivity index (χ2v) is 3.30. The van der Waals surface area contributed by atoms with E-state index in [4.69, 9.17) is 5.73 Å². The lowest BCUT2D eigenvalue weighted by atomic mass is 10.2. The van der Waals surface area contributed by atoms with Gasteiger partial charge in [-0.05, 0) is 24.2 Å². The van der Waals surface area contributed by atoms with Gasteiger partial charge >= 0.3 is 0 Å². The predicted octanol–water partition coefficient (Wildman–Crippen LogP) is 2.06. The zero-order valence-corrected chi connectivity index (χ0v) is 8.54. The van der Waals surface area contributed by atoms with Crippen molar-refractivity contribution < 1.29 is 4.39 Å². The summed E-state index contributed by atoms with van der Waals surface area (Å²) in [6, 6.07) is 7.71. The zero-order valence-electron chi connectivity index (χ0n) is 8.54. The molecule has 0 radical (unpaired) electrons. The first-order valence-corrected chi connectivity index (χ1v) is 4.89. The van der Waals surface area contributed by atoms with E-state index < -0.39 is 0 Å². The maximum absolute atomic E-state index is 12.1. The first-order valence-electron chi connectivity index (χ1n) is 4.89. The highest BCUT2D eigenvalue weighted by atomic mass is 19.1. The monoisotopic (exact) mass is 196 g/mol. The first kappa shape index (κ1) is 11.0. The number of halogens is 1. The molecular formula is C11H17FN2. The van der Waals surface area contributed by atoms with E-state index in [1.807, 2.05) is 31.2 Å². The Morgan fingerprint density at radius 2 is 1.93 bits per heavy atom. The minimum Gasteiger partial charge on any atom is -0.399 e. The van der Waals surface area contributed by atoms with Gasteiger partial charge in [0, 0.05) is 18.8 Å². The zero-order chi connectivity index (χ0) is 10.4. The van der Waals surface area contributed by atoms with E-state index in [-0.39, 0.29) is 6.67 Å². The number of alkyl halides is 1. The Hall–Kier alpha value is -1.09. The third-order valence-electron chi connectivity index (χ3n) is 2.23. The second kappa shape index (κ2) is 5.60. The fraction of sp³-hybridized carbons (Fsp3) is 0.455. The molecule has 0 fully saturated rings. The standard InChI is InChI=1S/C11H17FN2/c1-2-14(8-7-12)9-10-3-5-11(13)6-4-10/h3-6H,2,7-9,13H2,1H3. The molecule has 0 saturated carbocycles. The van der Waals surface area contributed by atoms with Gasteiger partial charge in [-0.2, -0.15) is 0 Å². The molecule has 0 amide bonds. The number of benzene rings is 1. The van der Waals surface area contributed by atoms with Gasteiger partial charge in [0.15, 0.2) is 0 Å². The number of nitrogen functional groups attached to an aromatic ring is 1. The van der Waals surface area contributed by atoms with E-state index >= 15 is 0 Å². The fourth-order valence-electron chi connectivity index (χ4n) is 1.35. The van der Waals surface area contributed by atoms with Crippen molar-refractivity contribution in [3.8, 4) is 0 Å². The van der Waals surface area contributed by atoms with E-state index in [9.17, 15) is 4.39 Å². The molecule has 0 aromatic heterocycles. The molecule has 0 atom stereocenters. The number of rotatable bonds is 5. The molecule has 0 spiro atoms. The summed E-state index contributed by atoms with van der Waals surface area (Å²) in [5.41, 5.74) is 7.52. The third-order valence-corrected chi connectivity index (χ3v) is 2.23. The Morgan fingerprint density at radius 1 is 1.29 bits per heavy atom. The summed E-state index contributed by atoms with van der Waals surface area (Å²) in [6.07, 6.45) is 0. The highest BCUT2D eigenvalue weighted by Crippen LogP contribution is 2.08. The van der Waals surface area contributed by atoms with Crippen LogP contribution in [0.5, 0.6) is 0 Å². The van der Waals surface area contributed by atoms with Crippen LogP contribution in [-0.2, 0) is 6.54 Å². The highest BCUT2D eigenvalue weighted by molar-refractivity contribution is 5.39. The van der Waals surface area contributed by atoms with Gasteiger partial charge in [-0.3, -0.25) is 4.90 Å². The maximum Gasteiger partial charge on any atom is 0.102 e. The smallest absolute Gasteiger partial charge is 0.102 e. The van der Waals surface area contributed by atoms with Crippen LogP contribution in [0.2, 0.25) is 0 Å². The van der Waals surface area contributed by atoms with Crippen molar-refractivity contribution in [2.24, 2.45) is 0 Å². The van der Waals surface area contributed by atoms with Crippen molar-refractivity contribution in [1.82, 2.24) is 4.90 Å². The molecule has 1 aromatic carbocycles. The van der Waals surface area contributed by atoms with Crippen molar-refractivity contribution in [2.75, 3.05) is 25.5 Å². The van der Waals surface area contributed by atoms with Crippen molar-refractivity contribution in [3.05, 3.63) is 29.8 Å². The Bertz CT molecular complexity index is 258. The van der Waals surface area contributed by atoms with Gasteiger partial charge in [-0.25, -0.2) is 4.39 Å². The molecular weight excluding hydrogens is 179 g/mol. The van der Waals surface area contributed by atoms with Gasteiger partial charge < -0.3 is 5.73 Å². The quantitative estimate of drug-likeness (QED) is 0.730. The molecule has 0 aliphatic heterocycles. The third kappa shape index (κ3) is 3.34. The van der Waals surface area contributed by atoms with E-state index in [1.165, 1.54) is 5.56 Å². The Labute approximate surface area is 84.5 Å². The van der Waals surface area contributed by atoms with Gasteiger partial charge in [-0.1, -0.05) is 19.1 Å². The van der Waals surface area contributed by atoms with Gasteiger partial charge in [0.25, 0.3) is 0 Å². The first-order chi connectivity index (χ1) is 6.76. The Morgan fingerprint density at radius 3 is 2.43 bits per heavy atom. The van der Waals surface area contributed by atoms with E-state index in [2.05, 4.69) is 4.90 Å². The molecule has 78 valence electrons. The maximum atomic E-state index is 12.1. The van der Waals surface area contributed by atoms with Crippen LogP contribution in [0.15, 0.2) is 24.3 Å². The van der Waals surface area contributed by atoms with Crippen molar-refractivity contribution in [3.63, 3.8) is 0 Å². The summed E-state index contributed by atoms with van der Waals surface area (Å²) in [7, 11) is 0. The lowest BCUT2D eigenvalue weighted by Crippen LogP contribution is -2.25. The summed E-state index contributed by atoms with van der Waals surface area (Å²) < 4.78 is 12.1. The largest absolute Gasteiger partial charge is 0.399 e. The minimum atomic E-state index is -0.289. The van der Waals surface area contributed by atoms with Crippen LogP contribution in [0.25, 0.3) is 0 Å². The summed E-state index contributed by atoms with van der Waals surface area (Å²) in [4.78, 5) is 2.06. The minimum absolute atomic E-state index is 0.289. The summed E-state index contributed by atoms with van der Waals surface area (Å²) in [6.45, 7) is 3.91. The normalized spacial score (nSPS) is 10.8. The van der Waals surface area contributed by atoms with E-state index in [0.29, 0.717) is 6.54 Å². The van der Waals surface area contributed by atoms with Crippen molar-refractivity contribution >= 4 is 5.69 Å². The fourth-order valence-corrected chi connectivity index (χ4v) is 1.35. The molecule has 0 aliphatic rings. The lowest BCUT2D eigenvalue weighted by Gasteiger charge is -2.18. The van der Waals surface area contributed by atoms with Gasteiger partial charge in [0.05, 0.1) is 0 Å². The molecule has 0 heterocycles. The van der Waals surface area contributed by atoms with Crippen molar-refractivity contribution in [1.29, 1.82) is 0 Å². The highest BCUT2D eigenvalue weighted by Gasteiger charge is 2.02. The van der Waals surface area contributed by atoms with Crippen LogP contribution in [0, 0.1) is 0 Å². The average molecular weight is 196 g/mol. The summed E-state index contributed by atoms with van der Waals surface area (Å²) >= 11 is 0.